The molecule has 5 heteroatoms. The third-order valence-electron chi connectivity index (χ3n) is 11.8. The monoisotopic (exact) mass is 765 g/mol. The first-order valence-electron chi connectivity index (χ1n) is 20.3. The third-order valence-corrected chi connectivity index (χ3v) is 11.8. The summed E-state index contributed by atoms with van der Waals surface area (Å²) < 4.78 is 4.78. The summed E-state index contributed by atoms with van der Waals surface area (Å²) in [6.07, 6.45) is 1.86. The van der Waals surface area contributed by atoms with Crippen LogP contribution in [0.15, 0.2) is 212 Å². The highest BCUT2D eigenvalue weighted by atomic mass is 15.0. The quantitative estimate of drug-likeness (QED) is 0.169. The van der Waals surface area contributed by atoms with Gasteiger partial charge in [-0.05, 0) is 83.2 Å². The Morgan fingerprint density at radius 1 is 0.317 bits per heavy atom. The number of hydrogen-bond donors (Lipinski definition) is 0. The second-order valence-corrected chi connectivity index (χ2v) is 15.3. The molecule has 0 bridgehead atoms. The zero-order valence-electron chi connectivity index (χ0n) is 32.4. The second-order valence-electron chi connectivity index (χ2n) is 15.3. The Balaban J connectivity index is 0.983. The van der Waals surface area contributed by atoms with Crippen LogP contribution in [0.3, 0.4) is 0 Å². The first-order valence-corrected chi connectivity index (χ1v) is 20.3. The van der Waals surface area contributed by atoms with E-state index >= 15 is 0 Å². The van der Waals surface area contributed by atoms with Gasteiger partial charge in [0.2, 0.25) is 0 Å². The predicted molar refractivity (Wildman–Crippen MR) is 248 cm³/mol. The SMILES string of the molecule is c1ccc(-c2cc(-c3nccc4ccccc34)nc(-c3cccc(-c4ccc5c(c4)c4ccccc4n5-c4cccc(-n5c6ccccc6c6ccccc65)c4)c3)n2)cc1. The van der Waals surface area contributed by atoms with E-state index in [9.17, 15) is 0 Å². The molecular formula is C55H35N5. The van der Waals surface area contributed by atoms with E-state index in [4.69, 9.17) is 15.0 Å². The molecule has 0 atom stereocenters. The third kappa shape index (κ3) is 5.52. The van der Waals surface area contributed by atoms with Crippen LogP contribution in [-0.2, 0) is 0 Å². The largest absolute Gasteiger partial charge is 0.309 e. The molecule has 280 valence electrons. The molecule has 0 aliphatic rings. The maximum atomic E-state index is 5.19. The molecule has 0 fully saturated rings. The number of pyridine rings is 1. The maximum absolute atomic E-state index is 5.19. The Labute approximate surface area is 346 Å². The van der Waals surface area contributed by atoms with Crippen LogP contribution in [-0.4, -0.2) is 24.1 Å². The van der Waals surface area contributed by atoms with E-state index in [1.807, 2.05) is 30.5 Å². The summed E-state index contributed by atoms with van der Waals surface area (Å²) in [5.74, 6) is 0.656. The smallest absolute Gasteiger partial charge is 0.160 e. The second kappa shape index (κ2) is 13.8. The highest BCUT2D eigenvalue weighted by molar-refractivity contribution is 6.11. The summed E-state index contributed by atoms with van der Waals surface area (Å²) in [5, 5.41) is 7.09. The molecule has 0 aliphatic heterocycles. The number of aromatic nitrogens is 5. The molecule has 0 spiro atoms. The van der Waals surface area contributed by atoms with Crippen LogP contribution >= 0.6 is 0 Å². The van der Waals surface area contributed by atoms with Crippen molar-refractivity contribution >= 4 is 54.4 Å². The topological polar surface area (TPSA) is 48.5 Å². The molecule has 0 radical (unpaired) electrons. The Hall–Kier alpha value is -8.15. The van der Waals surface area contributed by atoms with Crippen LogP contribution in [0.5, 0.6) is 0 Å². The van der Waals surface area contributed by atoms with E-state index in [-0.39, 0.29) is 0 Å². The fraction of sp³-hybridized carbons (Fsp3) is 0. The molecule has 0 N–H and O–H groups in total. The van der Waals surface area contributed by atoms with Crippen molar-refractivity contribution < 1.29 is 0 Å². The normalized spacial score (nSPS) is 11.7. The van der Waals surface area contributed by atoms with Crippen LogP contribution in [0.1, 0.15) is 0 Å². The zero-order chi connectivity index (χ0) is 39.6. The van der Waals surface area contributed by atoms with Gasteiger partial charge in [-0.2, -0.15) is 0 Å². The first-order chi connectivity index (χ1) is 29.7. The lowest BCUT2D eigenvalue weighted by Gasteiger charge is -2.13. The maximum Gasteiger partial charge on any atom is 0.160 e. The number of benzene rings is 8. The molecule has 60 heavy (non-hydrogen) atoms. The van der Waals surface area contributed by atoms with Crippen LogP contribution in [0, 0.1) is 0 Å². The fourth-order valence-corrected chi connectivity index (χ4v) is 9.02. The van der Waals surface area contributed by atoms with E-state index in [0.29, 0.717) is 5.82 Å². The van der Waals surface area contributed by atoms with Crippen molar-refractivity contribution in [2.24, 2.45) is 0 Å². The Morgan fingerprint density at radius 2 is 0.850 bits per heavy atom. The molecule has 12 rings (SSSR count). The number of rotatable bonds is 6. The Bertz CT molecular complexity index is 3560. The lowest BCUT2D eigenvalue weighted by molar-refractivity contribution is 1.13. The van der Waals surface area contributed by atoms with Gasteiger partial charge in [0.15, 0.2) is 5.82 Å². The summed E-state index contributed by atoms with van der Waals surface area (Å²) in [7, 11) is 0. The number of para-hydroxylation sites is 3. The molecule has 0 aliphatic carbocycles. The minimum absolute atomic E-state index is 0.656. The summed E-state index contributed by atoms with van der Waals surface area (Å²) in [6.45, 7) is 0. The fourth-order valence-electron chi connectivity index (χ4n) is 9.02. The molecule has 4 aromatic heterocycles. The summed E-state index contributed by atoms with van der Waals surface area (Å²) in [5.41, 5.74) is 13.6. The summed E-state index contributed by atoms with van der Waals surface area (Å²) in [4.78, 5) is 15.2. The van der Waals surface area contributed by atoms with E-state index in [0.717, 1.165) is 67.0 Å². The minimum atomic E-state index is 0.656. The summed E-state index contributed by atoms with van der Waals surface area (Å²) in [6, 6.07) is 73.1. The molecule has 0 unspecified atom stereocenters. The average molecular weight is 766 g/mol. The van der Waals surface area contributed by atoms with Gasteiger partial charge in [-0.1, -0.05) is 140 Å². The van der Waals surface area contributed by atoms with Crippen LogP contribution in [0.2, 0.25) is 0 Å². The first kappa shape index (κ1) is 33.9. The van der Waals surface area contributed by atoms with Gasteiger partial charge in [0.1, 0.15) is 0 Å². The molecule has 8 aromatic carbocycles. The molecule has 0 saturated heterocycles. The van der Waals surface area contributed by atoms with Crippen molar-refractivity contribution in [2.45, 2.75) is 0 Å². The molecule has 0 amide bonds. The minimum Gasteiger partial charge on any atom is -0.309 e. The van der Waals surface area contributed by atoms with Gasteiger partial charge >= 0.3 is 0 Å². The molecule has 0 saturated carbocycles. The van der Waals surface area contributed by atoms with Crippen molar-refractivity contribution in [3.8, 4) is 56.5 Å². The Kier molecular flexibility index (Phi) is 7.78. The van der Waals surface area contributed by atoms with Crippen molar-refractivity contribution in [3.05, 3.63) is 212 Å². The lowest BCUT2D eigenvalue weighted by atomic mass is 10.00. The summed E-state index contributed by atoms with van der Waals surface area (Å²) >= 11 is 0. The molecule has 4 heterocycles. The predicted octanol–water partition coefficient (Wildman–Crippen LogP) is 13.9. The van der Waals surface area contributed by atoms with Crippen molar-refractivity contribution in [1.29, 1.82) is 0 Å². The van der Waals surface area contributed by atoms with Gasteiger partial charge in [-0.3, -0.25) is 4.98 Å². The standard InChI is InChI=1S/C55H35N5/c1-2-15-37(16-3-1)48-35-49(54-43-21-5-4-14-36(43)30-31-56-54)58-55(57-48)40-18-12-17-38(32-40)39-28-29-53-47(33-39)46-24-8-11-27-52(46)60(53)42-20-13-19-41(34-42)59-50-25-9-6-22-44(50)45-23-7-10-26-51(45)59/h1-35H. The van der Waals surface area contributed by atoms with Gasteiger partial charge in [-0.15, -0.1) is 0 Å². The molecule has 12 aromatic rings. The van der Waals surface area contributed by atoms with Crippen LogP contribution in [0.25, 0.3) is 111 Å². The van der Waals surface area contributed by atoms with Crippen molar-refractivity contribution in [2.75, 3.05) is 0 Å². The van der Waals surface area contributed by atoms with Gasteiger partial charge < -0.3 is 9.13 Å². The molecular weight excluding hydrogens is 731 g/mol. The van der Waals surface area contributed by atoms with Crippen molar-refractivity contribution in [1.82, 2.24) is 24.1 Å². The van der Waals surface area contributed by atoms with E-state index in [1.54, 1.807) is 0 Å². The number of fused-ring (bicyclic) bond motifs is 7. The van der Waals surface area contributed by atoms with E-state index < -0.39 is 0 Å². The van der Waals surface area contributed by atoms with E-state index in [2.05, 4.69) is 191 Å². The number of nitrogens with zero attached hydrogens (tertiary/aromatic N) is 5. The number of hydrogen-bond acceptors (Lipinski definition) is 3. The van der Waals surface area contributed by atoms with Gasteiger partial charge in [-0.25, -0.2) is 9.97 Å². The highest BCUT2D eigenvalue weighted by Gasteiger charge is 2.18. The Morgan fingerprint density at radius 3 is 1.57 bits per heavy atom. The van der Waals surface area contributed by atoms with Crippen LogP contribution in [0.4, 0.5) is 0 Å². The molecule has 5 nitrogen and oxygen atoms in total. The van der Waals surface area contributed by atoms with Crippen molar-refractivity contribution in [3.63, 3.8) is 0 Å². The van der Waals surface area contributed by atoms with Gasteiger partial charge in [0, 0.05) is 55.6 Å². The average Bonchev–Trinajstić information content (AvgIpc) is 3.84. The zero-order valence-corrected chi connectivity index (χ0v) is 32.4. The van der Waals surface area contributed by atoms with Crippen LogP contribution < -0.4 is 0 Å². The highest BCUT2D eigenvalue weighted by Crippen LogP contribution is 2.38. The lowest BCUT2D eigenvalue weighted by Crippen LogP contribution is -1.98. The van der Waals surface area contributed by atoms with E-state index in [1.165, 1.54) is 38.1 Å². The van der Waals surface area contributed by atoms with Gasteiger partial charge in [0.25, 0.3) is 0 Å². The van der Waals surface area contributed by atoms with Gasteiger partial charge in [0.05, 0.1) is 39.1 Å².